The van der Waals surface area contributed by atoms with Crippen molar-refractivity contribution in [1.29, 1.82) is 0 Å². The van der Waals surface area contributed by atoms with Gasteiger partial charge < -0.3 is 15.2 Å². The first kappa shape index (κ1) is 17.0. The van der Waals surface area contributed by atoms with Crippen LogP contribution < -0.4 is 10.1 Å². The molecule has 0 bridgehead atoms. The normalized spacial score (nSPS) is 12.3. The number of aliphatic hydroxyl groups is 1. The Bertz CT molecular complexity index is 353. The zero-order valence-electron chi connectivity index (χ0n) is 12.9. The summed E-state index contributed by atoms with van der Waals surface area (Å²) in [6.07, 6.45) is 5.95. The van der Waals surface area contributed by atoms with Crippen molar-refractivity contribution in [3.8, 4) is 5.75 Å². The zero-order chi connectivity index (χ0) is 14.6. The topological polar surface area (TPSA) is 41.5 Å². The average Bonchev–Trinajstić information content (AvgIpc) is 2.44. The van der Waals surface area contributed by atoms with Gasteiger partial charge >= 0.3 is 0 Å². The molecule has 3 nitrogen and oxygen atoms in total. The number of hydrogen-bond donors (Lipinski definition) is 2. The molecule has 2 N–H and O–H groups in total. The fraction of sp³-hybridized carbons (Fsp3) is 0.647. The highest BCUT2D eigenvalue weighted by molar-refractivity contribution is 5.33. The lowest BCUT2D eigenvalue weighted by Crippen LogP contribution is -2.24. The molecule has 0 saturated heterocycles. The standard InChI is InChI=1S/C17H29NO2/c1-3-4-5-6-9-12-20-17-11-8-7-10-16(17)14-18-13-15(2)19/h7-8,10-11,15,18-19H,3-6,9,12-14H2,1-2H3. The summed E-state index contributed by atoms with van der Waals surface area (Å²) >= 11 is 0. The van der Waals surface area contributed by atoms with Crippen molar-refractivity contribution in [2.75, 3.05) is 13.2 Å². The van der Waals surface area contributed by atoms with Crippen molar-refractivity contribution in [2.45, 2.75) is 58.6 Å². The molecule has 0 aromatic heterocycles. The van der Waals surface area contributed by atoms with Crippen LogP contribution in [0.2, 0.25) is 0 Å². The van der Waals surface area contributed by atoms with E-state index in [4.69, 9.17) is 4.74 Å². The maximum Gasteiger partial charge on any atom is 0.123 e. The van der Waals surface area contributed by atoms with Crippen LogP contribution in [-0.4, -0.2) is 24.4 Å². The van der Waals surface area contributed by atoms with E-state index >= 15 is 0 Å². The molecule has 3 heteroatoms. The number of benzene rings is 1. The minimum absolute atomic E-state index is 0.318. The van der Waals surface area contributed by atoms with Crippen molar-refractivity contribution in [2.24, 2.45) is 0 Å². The predicted molar refractivity (Wildman–Crippen MR) is 84.1 cm³/mol. The van der Waals surface area contributed by atoms with Crippen LogP contribution in [0.3, 0.4) is 0 Å². The van der Waals surface area contributed by atoms with Gasteiger partial charge in [-0.2, -0.15) is 0 Å². The summed E-state index contributed by atoms with van der Waals surface area (Å²) in [6, 6.07) is 8.12. The first-order chi connectivity index (χ1) is 9.74. The van der Waals surface area contributed by atoms with Crippen molar-refractivity contribution in [3.05, 3.63) is 29.8 Å². The van der Waals surface area contributed by atoms with Crippen LogP contribution in [-0.2, 0) is 6.54 Å². The molecule has 0 aliphatic carbocycles. The molecule has 1 rings (SSSR count). The van der Waals surface area contributed by atoms with Gasteiger partial charge in [0.05, 0.1) is 12.7 Å². The molecule has 1 aromatic carbocycles. The van der Waals surface area contributed by atoms with Gasteiger partial charge in [-0.25, -0.2) is 0 Å². The average molecular weight is 279 g/mol. The largest absolute Gasteiger partial charge is 0.493 e. The minimum atomic E-state index is -0.318. The number of rotatable bonds is 11. The van der Waals surface area contributed by atoms with Crippen LogP contribution in [0.1, 0.15) is 51.5 Å². The Morgan fingerprint density at radius 3 is 2.65 bits per heavy atom. The Balaban J connectivity index is 2.29. The molecule has 0 amide bonds. The van der Waals surface area contributed by atoms with Gasteiger partial charge in [0.1, 0.15) is 5.75 Å². The molecule has 0 spiro atoms. The Morgan fingerprint density at radius 1 is 1.15 bits per heavy atom. The fourth-order valence-corrected chi connectivity index (χ4v) is 2.09. The summed E-state index contributed by atoms with van der Waals surface area (Å²) < 4.78 is 5.87. The molecule has 0 aliphatic heterocycles. The second kappa shape index (κ2) is 10.7. The monoisotopic (exact) mass is 279 g/mol. The molecule has 114 valence electrons. The lowest BCUT2D eigenvalue weighted by Gasteiger charge is -2.13. The quantitative estimate of drug-likeness (QED) is 0.609. The van der Waals surface area contributed by atoms with Crippen LogP contribution >= 0.6 is 0 Å². The van der Waals surface area contributed by atoms with Crippen LogP contribution in [0, 0.1) is 0 Å². The first-order valence-electron chi connectivity index (χ1n) is 7.83. The maximum absolute atomic E-state index is 9.25. The highest BCUT2D eigenvalue weighted by atomic mass is 16.5. The summed E-state index contributed by atoms with van der Waals surface area (Å²) in [5.74, 6) is 0.959. The van der Waals surface area contributed by atoms with Crippen LogP contribution in [0.5, 0.6) is 5.75 Å². The van der Waals surface area contributed by atoms with E-state index in [1.165, 1.54) is 25.7 Å². The Labute approximate surface area is 123 Å². The first-order valence-corrected chi connectivity index (χ1v) is 7.83. The molecule has 1 aromatic rings. The summed E-state index contributed by atoms with van der Waals surface area (Å²) in [5.41, 5.74) is 1.15. The van der Waals surface area contributed by atoms with Gasteiger partial charge in [-0.15, -0.1) is 0 Å². The van der Waals surface area contributed by atoms with Gasteiger partial charge in [-0.1, -0.05) is 50.8 Å². The Morgan fingerprint density at radius 2 is 1.90 bits per heavy atom. The second-order valence-corrected chi connectivity index (χ2v) is 5.35. The maximum atomic E-state index is 9.25. The van der Waals surface area contributed by atoms with Crippen LogP contribution in [0.25, 0.3) is 0 Å². The molecule has 1 unspecified atom stereocenters. The van der Waals surface area contributed by atoms with E-state index in [9.17, 15) is 5.11 Å². The van der Waals surface area contributed by atoms with E-state index in [1.54, 1.807) is 6.92 Å². The molecule has 0 aliphatic rings. The number of ether oxygens (including phenoxy) is 1. The van der Waals surface area contributed by atoms with Crippen LogP contribution in [0.15, 0.2) is 24.3 Å². The molecular weight excluding hydrogens is 250 g/mol. The number of aliphatic hydroxyl groups excluding tert-OH is 1. The highest BCUT2D eigenvalue weighted by Gasteiger charge is 2.03. The molecule has 0 fully saturated rings. The smallest absolute Gasteiger partial charge is 0.123 e. The summed E-state index contributed by atoms with van der Waals surface area (Å²) in [4.78, 5) is 0. The number of unbranched alkanes of at least 4 members (excludes halogenated alkanes) is 4. The van der Waals surface area contributed by atoms with Gasteiger partial charge in [0.15, 0.2) is 0 Å². The Kier molecular flexibility index (Phi) is 9.09. The molecule has 20 heavy (non-hydrogen) atoms. The van der Waals surface area contributed by atoms with Gasteiger partial charge in [-0.3, -0.25) is 0 Å². The highest BCUT2D eigenvalue weighted by Crippen LogP contribution is 2.18. The van der Waals surface area contributed by atoms with E-state index in [-0.39, 0.29) is 6.10 Å². The van der Waals surface area contributed by atoms with E-state index in [0.717, 1.165) is 30.9 Å². The van der Waals surface area contributed by atoms with Gasteiger partial charge in [-0.05, 0) is 19.4 Å². The van der Waals surface area contributed by atoms with Crippen molar-refractivity contribution < 1.29 is 9.84 Å². The fourth-order valence-electron chi connectivity index (χ4n) is 2.09. The van der Waals surface area contributed by atoms with E-state index in [1.807, 2.05) is 18.2 Å². The van der Waals surface area contributed by atoms with E-state index in [0.29, 0.717) is 6.54 Å². The molecule has 0 saturated carbocycles. The van der Waals surface area contributed by atoms with Gasteiger partial charge in [0, 0.05) is 18.7 Å². The minimum Gasteiger partial charge on any atom is -0.493 e. The van der Waals surface area contributed by atoms with Crippen molar-refractivity contribution in [3.63, 3.8) is 0 Å². The molecule has 1 atom stereocenters. The lowest BCUT2D eigenvalue weighted by atomic mass is 10.1. The Hall–Kier alpha value is -1.06. The third-order valence-electron chi connectivity index (χ3n) is 3.23. The summed E-state index contributed by atoms with van der Waals surface area (Å²) in [7, 11) is 0. The third-order valence-corrected chi connectivity index (χ3v) is 3.23. The summed E-state index contributed by atoms with van der Waals surface area (Å²) in [5, 5.41) is 12.5. The van der Waals surface area contributed by atoms with Gasteiger partial charge in [0.25, 0.3) is 0 Å². The van der Waals surface area contributed by atoms with E-state index < -0.39 is 0 Å². The number of nitrogens with one attached hydrogen (secondary N) is 1. The van der Waals surface area contributed by atoms with E-state index in [2.05, 4.69) is 18.3 Å². The van der Waals surface area contributed by atoms with Crippen molar-refractivity contribution >= 4 is 0 Å². The zero-order valence-corrected chi connectivity index (χ0v) is 12.9. The van der Waals surface area contributed by atoms with Crippen LogP contribution in [0.4, 0.5) is 0 Å². The van der Waals surface area contributed by atoms with Crippen molar-refractivity contribution in [1.82, 2.24) is 5.32 Å². The van der Waals surface area contributed by atoms with Gasteiger partial charge in [0.2, 0.25) is 0 Å². The lowest BCUT2D eigenvalue weighted by molar-refractivity contribution is 0.190. The second-order valence-electron chi connectivity index (χ2n) is 5.35. The molecule has 0 radical (unpaired) electrons. The molecular formula is C17H29NO2. The predicted octanol–water partition coefficient (Wildman–Crippen LogP) is 3.51. The third kappa shape index (κ3) is 7.51. The summed E-state index contributed by atoms with van der Waals surface area (Å²) in [6.45, 7) is 6.14. The number of hydrogen-bond acceptors (Lipinski definition) is 3. The molecule has 0 heterocycles. The number of para-hydroxylation sites is 1. The SMILES string of the molecule is CCCCCCCOc1ccccc1CNCC(C)O.